The standard InChI is InChI=1S/C15H22ClN3O/c1-11(2)14(18-15(16)17-3)20-10-12-7-6-8-13(9-12)19(4)5/h6-9,11H,10H2,1-5H3. The summed E-state index contributed by atoms with van der Waals surface area (Å²) in [6.07, 6.45) is 0. The highest BCUT2D eigenvalue weighted by Gasteiger charge is 2.08. The van der Waals surface area contributed by atoms with Crippen LogP contribution in [0.1, 0.15) is 19.4 Å². The van der Waals surface area contributed by atoms with Gasteiger partial charge in [-0.1, -0.05) is 26.0 Å². The van der Waals surface area contributed by atoms with Crippen LogP contribution in [0.25, 0.3) is 0 Å². The topological polar surface area (TPSA) is 37.2 Å². The molecular formula is C15H22ClN3O. The first-order valence-electron chi connectivity index (χ1n) is 6.54. The SMILES string of the molecule is CN=C(Cl)N=C(OCc1cccc(N(C)C)c1)C(C)C. The minimum absolute atomic E-state index is 0.155. The molecule has 1 aromatic rings. The summed E-state index contributed by atoms with van der Waals surface area (Å²) >= 11 is 5.83. The summed E-state index contributed by atoms with van der Waals surface area (Å²) < 4.78 is 5.76. The molecule has 0 saturated carbocycles. The van der Waals surface area contributed by atoms with Crippen LogP contribution in [0.2, 0.25) is 0 Å². The maximum Gasteiger partial charge on any atom is 0.220 e. The predicted octanol–water partition coefficient (Wildman–Crippen LogP) is 3.55. The third-order valence-electron chi connectivity index (χ3n) is 2.69. The van der Waals surface area contributed by atoms with E-state index in [0.29, 0.717) is 12.5 Å². The van der Waals surface area contributed by atoms with Crippen LogP contribution < -0.4 is 4.90 Å². The van der Waals surface area contributed by atoms with Gasteiger partial charge in [0.05, 0.1) is 0 Å². The van der Waals surface area contributed by atoms with Gasteiger partial charge in [0.2, 0.25) is 5.29 Å². The second-order valence-corrected chi connectivity index (χ2v) is 5.29. The number of hydrogen-bond acceptors (Lipinski definition) is 3. The molecule has 0 unspecified atom stereocenters. The molecule has 0 radical (unpaired) electrons. The first-order valence-corrected chi connectivity index (χ1v) is 6.91. The van der Waals surface area contributed by atoms with Crippen molar-refractivity contribution in [1.29, 1.82) is 0 Å². The average molecular weight is 296 g/mol. The van der Waals surface area contributed by atoms with Gasteiger partial charge >= 0.3 is 0 Å². The fourth-order valence-electron chi connectivity index (χ4n) is 1.55. The van der Waals surface area contributed by atoms with Crippen LogP contribution in [0.15, 0.2) is 34.3 Å². The van der Waals surface area contributed by atoms with Crippen LogP contribution in [-0.2, 0) is 11.3 Å². The fraction of sp³-hybridized carbons (Fsp3) is 0.467. The lowest BCUT2D eigenvalue weighted by Gasteiger charge is -2.15. The summed E-state index contributed by atoms with van der Waals surface area (Å²) in [7, 11) is 5.63. The Kier molecular flexibility index (Phi) is 6.52. The number of hydrogen-bond donors (Lipinski definition) is 0. The van der Waals surface area contributed by atoms with Gasteiger partial charge in [-0.15, -0.1) is 0 Å². The lowest BCUT2D eigenvalue weighted by molar-refractivity contribution is 0.274. The second kappa shape index (κ2) is 7.90. The van der Waals surface area contributed by atoms with E-state index in [9.17, 15) is 0 Å². The molecule has 0 bridgehead atoms. The van der Waals surface area contributed by atoms with Crippen molar-refractivity contribution in [2.75, 3.05) is 26.0 Å². The summed E-state index contributed by atoms with van der Waals surface area (Å²) in [6, 6.07) is 8.19. The van der Waals surface area contributed by atoms with Crippen LogP contribution in [-0.4, -0.2) is 32.3 Å². The molecule has 20 heavy (non-hydrogen) atoms. The molecule has 0 aliphatic heterocycles. The molecule has 0 spiro atoms. The highest BCUT2D eigenvalue weighted by atomic mass is 35.5. The zero-order chi connectivity index (χ0) is 15.1. The molecule has 0 amide bonds. The van der Waals surface area contributed by atoms with Gasteiger partial charge in [-0.25, -0.2) is 0 Å². The third-order valence-corrected chi connectivity index (χ3v) is 2.95. The van der Waals surface area contributed by atoms with Crippen LogP contribution in [0.5, 0.6) is 0 Å². The van der Waals surface area contributed by atoms with E-state index in [1.165, 1.54) is 0 Å². The maximum atomic E-state index is 5.83. The van der Waals surface area contributed by atoms with E-state index < -0.39 is 0 Å². The molecule has 0 atom stereocenters. The lowest BCUT2D eigenvalue weighted by atomic mass is 10.2. The zero-order valence-corrected chi connectivity index (χ0v) is 13.5. The van der Waals surface area contributed by atoms with Gasteiger partial charge in [-0.2, -0.15) is 4.99 Å². The molecule has 0 heterocycles. The van der Waals surface area contributed by atoms with Gasteiger partial charge in [0.15, 0.2) is 5.90 Å². The van der Waals surface area contributed by atoms with Gasteiger partial charge in [0.1, 0.15) is 6.61 Å². The van der Waals surface area contributed by atoms with Crippen molar-refractivity contribution in [2.24, 2.45) is 15.9 Å². The van der Waals surface area contributed by atoms with E-state index in [2.05, 4.69) is 27.0 Å². The number of anilines is 1. The number of rotatable bonds is 4. The lowest BCUT2D eigenvalue weighted by Crippen LogP contribution is -2.14. The van der Waals surface area contributed by atoms with Crippen molar-refractivity contribution in [2.45, 2.75) is 20.5 Å². The van der Waals surface area contributed by atoms with Gasteiger partial charge < -0.3 is 9.64 Å². The largest absolute Gasteiger partial charge is 0.476 e. The fourth-order valence-corrected chi connectivity index (χ4v) is 1.63. The van der Waals surface area contributed by atoms with Crippen LogP contribution in [0.4, 0.5) is 5.69 Å². The Hall–Kier alpha value is -1.55. The van der Waals surface area contributed by atoms with Crippen molar-refractivity contribution in [1.82, 2.24) is 0 Å². The molecule has 0 fully saturated rings. The van der Waals surface area contributed by atoms with Crippen molar-refractivity contribution in [3.05, 3.63) is 29.8 Å². The third kappa shape index (κ3) is 5.21. The monoisotopic (exact) mass is 295 g/mol. The van der Waals surface area contributed by atoms with E-state index in [1.54, 1.807) is 7.05 Å². The summed E-state index contributed by atoms with van der Waals surface area (Å²) in [4.78, 5) is 10.0. The molecule has 0 aromatic heterocycles. The van der Waals surface area contributed by atoms with Crippen molar-refractivity contribution < 1.29 is 4.74 Å². The molecule has 0 saturated heterocycles. The summed E-state index contributed by atoms with van der Waals surface area (Å²) in [6.45, 7) is 4.48. The Labute approximate surface area is 126 Å². The number of amidine groups is 1. The van der Waals surface area contributed by atoms with E-state index in [4.69, 9.17) is 16.3 Å². The minimum atomic E-state index is 0.155. The van der Waals surface area contributed by atoms with E-state index >= 15 is 0 Å². The average Bonchev–Trinajstić information content (AvgIpc) is 2.43. The van der Waals surface area contributed by atoms with Crippen LogP contribution in [0, 0.1) is 5.92 Å². The maximum absolute atomic E-state index is 5.83. The first-order chi connectivity index (χ1) is 9.43. The Morgan fingerprint density at radius 3 is 2.60 bits per heavy atom. The van der Waals surface area contributed by atoms with E-state index in [1.807, 2.05) is 40.1 Å². The Morgan fingerprint density at radius 2 is 2.05 bits per heavy atom. The molecular weight excluding hydrogens is 274 g/mol. The minimum Gasteiger partial charge on any atom is -0.476 e. The number of halogens is 1. The van der Waals surface area contributed by atoms with E-state index in [-0.39, 0.29) is 11.2 Å². The van der Waals surface area contributed by atoms with Crippen molar-refractivity contribution in [3.63, 3.8) is 0 Å². The molecule has 5 heteroatoms. The summed E-state index contributed by atoms with van der Waals surface area (Å²) in [5, 5.41) is 0.204. The molecule has 0 N–H and O–H groups in total. The molecule has 0 aliphatic rings. The predicted molar refractivity (Wildman–Crippen MR) is 87.0 cm³/mol. The molecule has 4 nitrogen and oxygen atoms in total. The smallest absolute Gasteiger partial charge is 0.220 e. The molecule has 1 rings (SSSR count). The van der Waals surface area contributed by atoms with Crippen molar-refractivity contribution >= 4 is 28.5 Å². The molecule has 110 valence electrons. The number of ether oxygens (including phenoxy) is 1. The van der Waals surface area contributed by atoms with Gasteiger partial charge in [0, 0.05) is 32.7 Å². The summed E-state index contributed by atoms with van der Waals surface area (Å²) in [5.74, 6) is 0.749. The number of aliphatic imine (C=N–C) groups is 2. The summed E-state index contributed by atoms with van der Waals surface area (Å²) in [5.41, 5.74) is 2.23. The highest BCUT2D eigenvalue weighted by Crippen LogP contribution is 2.15. The number of benzene rings is 1. The Balaban J connectivity index is 2.78. The van der Waals surface area contributed by atoms with Crippen LogP contribution >= 0.6 is 11.6 Å². The van der Waals surface area contributed by atoms with Gasteiger partial charge in [-0.05, 0) is 29.3 Å². The van der Waals surface area contributed by atoms with Gasteiger partial charge in [0.25, 0.3) is 0 Å². The quantitative estimate of drug-likeness (QED) is 0.484. The van der Waals surface area contributed by atoms with E-state index in [0.717, 1.165) is 11.3 Å². The first kappa shape index (κ1) is 16.5. The normalized spacial score (nSPS) is 12.8. The Morgan fingerprint density at radius 1 is 1.35 bits per heavy atom. The highest BCUT2D eigenvalue weighted by molar-refractivity contribution is 6.65. The van der Waals surface area contributed by atoms with Gasteiger partial charge in [-0.3, -0.25) is 4.99 Å². The number of nitrogens with zero attached hydrogens (tertiary/aromatic N) is 3. The molecule has 0 aliphatic carbocycles. The van der Waals surface area contributed by atoms with Crippen LogP contribution in [0.3, 0.4) is 0 Å². The second-order valence-electron chi connectivity index (χ2n) is 4.95. The zero-order valence-electron chi connectivity index (χ0n) is 12.7. The Bertz CT molecular complexity index is 496. The van der Waals surface area contributed by atoms with Crippen molar-refractivity contribution in [3.8, 4) is 0 Å². The molecule has 1 aromatic carbocycles.